The van der Waals surface area contributed by atoms with Gasteiger partial charge in [-0.25, -0.2) is 9.78 Å². The van der Waals surface area contributed by atoms with Crippen LogP contribution in [-0.4, -0.2) is 27.9 Å². The standard InChI is InChI=1S/C25H22N2O4S/c1-16-8-10-19(11-9-16)20(28)14-27-15-26-23-21(24(27)29)17(2)22(32-23)25(30)31-13-12-18-6-4-3-5-7-18/h3-11,15H,12-14H2,1-2H3. The van der Waals surface area contributed by atoms with Crippen molar-refractivity contribution in [3.05, 3.63) is 98.4 Å². The molecule has 4 rings (SSSR count). The van der Waals surface area contributed by atoms with Crippen molar-refractivity contribution in [2.45, 2.75) is 26.8 Å². The Morgan fingerprint density at radius 3 is 2.47 bits per heavy atom. The van der Waals surface area contributed by atoms with Crippen molar-refractivity contribution >= 4 is 33.3 Å². The molecule has 162 valence electrons. The number of aryl methyl sites for hydroxylation is 2. The molecule has 0 saturated carbocycles. The zero-order chi connectivity index (χ0) is 22.7. The molecule has 0 radical (unpaired) electrons. The lowest BCUT2D eigenvalue weighted by Gasteiger charge is -2.06. The Kier molecular flexibility index (Phi) is 6.28. The third-order valence-electron chi connectivity index (χ3n) is 5.26. The second kappa shape index (κ2) is 9.28. The van der Waals surface area contributed by atoms with E-state index >= 15 is 0 Å². The van der Waals surface area contributed by atoms with E-state index in [9.17, 15) is 14.4 Å². The van der Waals surface area contributed by atoms with Crippen LogP contribution in [-0.2, 0) is 17.7 Å². The highest BCUT2D eigenvalue weighted by Crippen LogP contribution is 2.27. The van der Waals surface area contributed by atoms with Crippen LogP contribution in [0.1, 0.15) is 36.7 Å². The molecular weight excluding hydrogens is 424 g/mol. The number of benzene rings is 2. The van der Waals surface area contributed by atoms with Crippen LogP contribution in [0.2, 0.25) is 0 Å². The van der Waals surface area contributed by atoms with E-state index in [1.54, 1.807) is 19.1 Å². The number of ether oxygens (including phenoxy) is 1. The average molecular weight is 447 g/mol. The van der Waals surface area contributed by atoms with Crippen molar-refractivity contribution in [3.63, 3.8) is 0 Å². The Labute approximate surface area is 189 Å². The zero-order valence-corrected chi connectivity index (χ0v) is 18.6. The number of thiophene rings is 1. The van der Waals surface area contributed by atoms with E-state index in [1.807, 2.05) is 49.4 Å². The van der Waals surface area contributed by atoms with Gasteiger partial charge in [0, 0.05) is 12.0 Å². The van der Waals surface area contributed by atoms with Crippen molar-refractivity contribution in [1.82, 2.24) is 9.55 Å². The zero-order valence-electron chi connectivity index (χ0n) is 17.8. The number of carbonyl (C=O) groups excluding carboxylic acids is 2. The maximum Gasteiger partial charge on any atom is 0.348 e. The van der Waals surface area contributed by atoms with Gasteiger partial charge in [-0.15, -0.1) is 11.3 Å². The molecular formula is C25H22N2O4S. The lowest BCUT2D eigenvalue weighted by molar-refractivity contribution is 0.0514. The molecule has 0 saturated heterocycles. The summed E-state index contributed by atoms with van der Waals surface area (Å²) in [5, 5.41) is 0.351. The van der Waals surface area contributed by atoms with Crippen molar-refractivity contribution in [2.75, 3.05) is 6.61 Å². The number of rotatable bonds is 7. The minimum atomic E-state index is -0.469. The summed E-state index contributed by atoms with van der Waals surface area (Å²) in [6.45, 7) is 3.79. The molecule has 4 aromatic rings. The molecule has 0 atom stereocenters. The van der Waals surface area contributed by atoms with Gasteiger partial charge < -0.3 is 4.74 Å². The van der Waals surface area contributed by atoms with E-state index in [4.69, 9.17) is 4.74 Å². The molecule has 0 amide bonds. The minimum absolute atomic E-state index is 0.114. The fourth-order valence-corrected chi connectivity index (χ4v) is 4.46. The molecule has 0 fully saturated rings. The van der Waals surface area contributed by atoms with E-state index in [2.05, 4.69) is 4.98 Å². The third kappa shape index (κ3) is 4.53. The first-order valence-corrected chi connectivity index (χ1v) is 11.0. The van der Waals surface area contributed by atoms with Gasteiger partial charge in [0.1, 0.15) is 9.71 Å². The number of esters is 1. The molecule has 7 heteroatoms. The molecule has 32 heavy (non-hydrogen) atoms. The molecule has 2 heterocycles. The number of nitrogens with zero attached hydrogens (tertiary/aromatic N) is 2. The second-order valence-electron chi connectivity index (χ2n) is 7.57. The highest BCUT2D eigenvalue weighted by molar-refractivity contribution is 7.20. The van der Waals surface area contributed by atoms with E-state index in [0.29, 0.717) is 32.6 Å². The number of ketones is 1. The quantitative estimate of drug-likeness (QED) is 0.311. The fraction of sp³-hybridized carbons (Fsp3) is 0.200. The maximum atomic E-state index is 13.0. The number of hydrogen-bond donors (Lipinski definition) is 0. The number of aromatic nitrogens is 2. The van der Waals surface area contributed by atoms with Crippen LogP contribution in [0.25, 0.3) is 10.2 Å². The molecule has 0 spiro atoms. The SMILES string of the molecule is Cc1ccc(C(=O)Cn2cnc3sc(C(=O)OCCc4ccccc4)c(C)c3c2=O)cc1. The molecule has 0 aliphatic heterocycles. The summed E-state index contributed by atoms with van der Waals surface area (Å²) in [5.41, 5.74) is 2.86. The Morgan fingerprint density at radius 1 is 1.03 bits per heavy atom. The summed E-state index contributed by atoms with van der Waals surface area (Å²) in [7, 11) is 0. The maximum absolute atomic E-state index is 13.0. The van der Waals surface area contributed by atoms with Gasteiger partial charge >= 0.3 is 5.97 Å². The van der Waals surface area contributed by atoms with E-state index in [0.717, 1.165) is 22.5 Å². The predicted octanol–water partition coefficient (Wildman–Crippen LogP) is 4.36. The Morgan fingerprint density at radius 2 is 1.75 bits per heavy atom. The number of Topliss-reactive ketones (excluding diaryl/α,β-unsaturated/α-hetero) is 1. The summed E-state index contributed by atoms with van der Waals surface area (Å²) in [6, 6.07) is 17.0. The van der Waals surface area contributed by atoms with Crippen molar-refractivity contribution < 1.29 is 14.3 Å². The Hall–Kier alpha value is -3.58. The van der Waals surface area contributed by atoms with Gasteiger partial charge in [0.15, 0.2) is 5.78 Å². The van der Waals surface area contributed by atoms with Crippen molar-refractivity contribution in [3.8, 4) is 0 Å². The molecule has 2 aromatic heterocycles. The van der Waals surface area contributed by atoms with Gasteiger partial charge in [0.25, 0.3) is 5.56 Å². The molecule has 0 N–H and O–H groups in total. The molecule has 0 unspecified atom stereocenters. The lowest BCUT2D eigenvalue weighted by Crippen LogP contribution is -2.24. The number of fused-ring (bicyclic) bond motifs is 1. The van der Waals surface area contributed by atoms with Crippen LogP contribution in [0, 0.1) is 13.8 Å². The topological polar surface area (TPSA) is 78.3 Å². The first-order valence-electron chi connectivity index (χ1n) is 10.2. The third-order valence-corrected chi connectivity index (χ3v) is 6.44. The fourth-order valence-electron chi connectivity index (χ4n) is 3.42. The van der Waals surface area contributed by atoms with Gasteiger partial charge in [-0.2, -0.15) is 0 Å². The van der Waals surface area contributed by atoms with Gasteiger partial charge in [-0.1, -0.05) is 60.2 Å². The Bertz CT molecular complexity index is 1340. The van der Waals surface area contributed by atoms with Crippen LogP contribution < -0.4 is 5.56 Å². The van der Waals surface area contributed by atoms with E-state index in [1.165, 1.54) is 10.9 Å². The van der Waals surface area contributed by atoms with Crippen LogP contribution in [0.4, 0.5) is 0 Å². The van der Waals surface area contributed by atoms with Crippen molar-refractivity contribution in [1.29, 1.82) is 0 Å². The number of carbonyl (C=O) groups is 2. The molecule has 0 aliphatic carbocycles. The summed E-state index contributed by atoms with van der Waals surface area (Å²) >= 11 is 1.13. The van der Waals surface area contributed by atoms with Crippen LogP contribution in [0.3, 0.4) is 0 Å². The molecule has 0 bridgehead atoms. The summed E-state index contributed by atoms with van der Waals surface area (Å²) in [6.07, 6.45) is 1.97. The normalized spacial score (nSPS) is 10.9. The largest absolute Gasteiger partial charge is 0.461 e. The van der Waals surface area contributed by atoms with E-state index < -0.39 is 5.97 Å². The minimum Gasteiger partial charge on any atom is -0.461 e. The van der Waals surface area contributed by atoms with Gasteiger partial charge in [0.2, 0.25) is 0 Å². The first kappa shape index (κ1) is 21.6. The van der Waals surface area contributed by atoms with E-state index in [-0.39, 0.29) is 24.5 Å². The van der Waals surface area contributed by atoms with Crippen LogP contribution in [0.15, 0.2) is 65.7 Å². The van der Waals surface area contributed by atoms with Crippen LogP contribution >= 0.6 is 11.3 Å². The Balaban J connectivity index is 1.52. The average Bonchev–Trinajstić information content (AvgIpc) is 3.14. The summed E-state index contributed by atoms with van der Waals surface area (Å²) in [4.78, 5) is 43.4. The smallest absolute Gasteiger partial charge is 0.348 e. The second-order valence-corrected chi connectivity index (χ2v) is 8.57. The van der Waals surface area contributed by atoms with Gasteiger partial charge in [-0.3, -0.25) is 14.2 Å². The number of hydrogen-bond acceptors (Lipinski definition) is 6. The van der Waals surface area contributed by atoms with Gasteiger partial charge in [-0.05, 0) is 25.0 Å². The van der Waals surface area contributed by atoms with Crippen LogP contribution in [0.5, 0.6) is 0 Å². The molecule has 6 nitrogen and oxygen atoms in total. The monoisotopic (exact) mass is 446 g/mol. The predicted molar refractivity (Wildman–Crippen MR) is 125 cm³/mol. The first-order chi connectivity index (χ1) is 15.4. The van der Waals surface area contributed by atoms with Crippen molar-refractivity contribution in [2.24, 2.45) is 0 Å². The highest BCUT2D eigenvalue weighted by atomic mass is 32.1. The summed E-state index contributed by atoms with van der Waals surface area (Å²) in [5.74, 6) is -0.648. The van der Waals surface area contributed by atoms with Gasteiger partial charge in [0.05, 0.1) is 24.9 Å². The lowest BCUT2D eigenvalue weighted by atomic mass is 10.1. The summed E-state index contributed by atoms with van der Waals surface area (Å²) < 4.78 is 6.71. The molecule has 0 aliphatic rings. The highest BCUT2D eigenvalue weighted by Gasteiger charge is 2.21. The molecule has 2 aromatic carbocycles.